The lowest BCUT2D eigenvalue weighted by Gasteiger charge is -2.34. The van der Waals surface area contributed by atoms with Crippen molar-refractivity contribution in [2.24, 2.45) is 0 Å². The van der Waals surface area contributed by atoms with Crippen molar-refractivity contribution in [1.82, 2.24) is 5.32 Å². The fourth-order valence-electron chi connectivity index (χ4n) is 3.31. The molecule has 1 fully saturated rings. The Labute approximate surface area is 125 Å². The van der Waals surface area contributed by atoms with Gasteiger partial charge in [0.1, 0.15) is 0 Å². The van der Waals surface area contributed by atoms with Gasteiger partial charge in [-0.1, -0.05) is 24.6 Å². The number of nitrogens with one attached hydrogen (secondary N) is 1. The van der Waals surface area contributed by atoms with E-state index in [1.165, 1.54) is 48.3 Å². The van der Waals surface area contributed by atoms with E-state index in [4.69, 9.17) is 0 Å². The van der Waals surface area contributed by atoms with Crippen LogP contribution in [-0.4, -0.2) is 23.3 Å². The molecule has 1 saturated carbocycles. The van der Waals surface area contributed by atoms with Gasteiger partial charge in [0, 0.05) is 22.2 Å². The predicted octanol–water partition coefficient (Wildman–Crippen LogP) is 4.49. The summed E-state index contributed by atoms with van der Waals surface area (Å²) in [5, 5.41) is 4.83. The second-order valence-electron chi connectivity index (χ2n) is 5.62. The van der Waals surface area contributed by atoms with E-state index in [0.717, 1.165) is 11.3 Å². The normalized spacial score (nSPS) is 30.9. The summed E-state index contributed by atoms with van der Waals surface area (Å²) in [6, 6.07) is 10.3. The average Bonchev–Trinajstić information content (AvgIpc) is 2.48. The Bertz CT molecular complexity index is 421. The number of fused-ring (bicyclic) bond motifs is 1. The lowest BCUT2D eigenvalue weighted by Crippen LogP contribution is -2.38. The van der Waals surface area contributed by atoms with Crippen molar-refractivity contribution in [2.75, 3.05) is 12.0 Å². The molecule has 3 heteroatoms. The molecule has 3 unspecified atom stereocenters. The second kappa shape index (κ2) is 6.55. The van der Waals surface area contributed by atoms with E-state index >= 15 is 0 Å². The Kier molecular flexibility index (Phi) is 4.78. The van der Waals surface area contributed by atoms with Gasteiger partial charge >= 0.3 is 0 Å². The van der Waals surface area contributed by atoms with Crippen LogP contribution in [0.4, 0.5) is 0 Å². The molecule has 1 aromatic carbocycles. The topological polar surface area (TPSA) is 12.0 Å². The van der Waals surface area contributed by atoms with Gasteiger partial charge in [-0.15, -0.1) is 11.8 Å². The molecule has 1 aromatic rings. The average molecular weight is 294 g/mol. The summed E-state index contributed by atoms with van der Waals surface area (Å²) in [6.45, 7) is 0. The van der Waals surface area contributed by atoms with E-state index in [-0.39, 0.29) is 0 Å². The number of hydrogen-bond donors (Lipinski definition) is 1. The van der Waals surface area contributed by atoms with E-state index in [1.54, 1.807) is 0 Å². The summed E-state index contributed by atoms with van der Waals surface area (Å²) in [4.78, 5) is 1.49. The molecule has 1 N–H and O–H groups in total. The van der Waals surface area contributed by atoms with E-state index in [9.17, 15) is 0 Å². The Morgan fingerprint density at radius 1 is 1.21 bits per heavy atom. The Morgan fingerprint density at radius 2 is 2.11 bits per heavy atom. The third kappa shape index (κ3) is 3.32. The van der Waals surface area contributed by atoms with Crippen LogP contribution in [0.1, 0.15) is 43.7 Å². The fraction of sp³-hybridized carbons (Fsp3) is 0.625. The second-order valence-corrected chi connectivity index (χ2v) is 7.89. The highest BCUT2D eigenvalue weighted by Crippen LogP contribution is 2.37. The zero-order chi connectivity index (χ0) is 13.1. The van der Waals surface area contributed by atoms with Gasteiger partial charge in [0.05, 0.1) is 0 Å². The highest BCUT2D eigenvalue weighted by atomic mass is 32.2. The maximum absolute atomic E-state index is 3.95. The molecule has 3 atom stereocenters. The molecule has 1 nitrogen and oxygen atoms in total. The van der Waals surface area contributed by atoms with Crippen molar-refractivity contribution < 1.29 is 0 Å². The standard InChI is InChI=1S/C16H23NS2/c1-18-13-6-4-5-12(11-13)17-15-9-10-19-16-8-3-2-7-14(15)16/h2-3,7-8,12-13,15,17H,4-6,9-11H2,1H3. The van der Waals surface area contributed by atoms with Crippen LogP contribution in [0.2, 0.25) is 0 Å². The molecule has 2 aliphatic rings. The van der Waals surface area contributed by atoms with Crippen molar-refractivity contribution in [3.05, 3.63) is 29.8 Å². The van der Waals surface area contributed by atoms with E-state index in [0.29, 0.717) is 6.04 Å². The number of hydrogen-bond acceptors (Lipinski definition) is 3. The summed E-state index contributed by atoms with van der Waals surface area (Å²) >= 11 is 4.07. The van der Waals surface area contributed by atoms with Crippen LogP contribution in [0.25, 0.3) is 0 Å². The smallest absolute Gasteiger partial charge is 0.0341 e. The van der Waals surface area contributed by atoms with Gasteiger partial charge in [-0.3, -0.25) is 0 Å². The number of rotatable bonds is 3. The minimum atomic E-state index is 0.586. The van der Waals surface area contributed by atoms with Crippen LogP contribution >= 0.6 is 23.5 Å². The summed E-state index contributed by atoms with van der Waals surface area (Å²) < 4.78 is 0. The number of thioether (sulfide) groups is 2. The lowest BCUT2D eigenvalue weighted by molar-refractivity contribution is 0.337. The van der Waals surface area contributed by atoms with E-state index in [1.807, 2.05) is 11.8 Å². The van der Waals surface area contributed by atoms with Gasteiger partial charge in [0.2, 0.25) is 0 Å². The molecule has 1 aliphatic carbocycles. The first-order valence-electron chi connectivity index (χ1n) is 7.37. The maximum atomic E-state index is 3.95. The molecule has 104 valence electrons. The Morgan fingerprint density at radius 3 is 3.00 bits per heavy atom. The molecule has 0 spiro atoms. The van der Waals surface area contributed by atoms with Gasteiger partial charge in [0.15, 0.2) is 0 Å². The van der Waals surface area contributed by atoms with Crippen LogP contribution in [0.5, 0.6) is 0 Å². The molecule has 0 aromatic heterocycles. The third-order valence-electron chi connectivity index (χ3n) is 4.35. The summed E-state index contributed by atoms with van der Waals surface area (Å²) in [6.07, 6.45) is 9.07. The van der Waals surface area contributed by atoms with Gasteiger partial charge < -0.3 is 5.32 Å². The summed E-state index contributed by atoms with van der Waals surface area (Å²) in [5.41, 5.74) is 1.53. The minimum Gasteiger partial charge on any atom is -0.307 e. The first kappa shape index (κ1) is 13.8. The lowest BCUT2D eigenvalue weighted by atomic mass is 9.93. The molecule has 0 radical (unpaired) electrons. The first-order valence-corrected chi connectivity index (χ1v) is 9.64. The largest absolute Gasteiger partial charge is 0.307 e. The van der Waals surface area contributed by atoms with Crippen molar-refractivity contribution in [3.8, 4) is 0 Å². The molecule has 1 aliphatic heterocycles. The minimum absolute atomic E-state index is 0.586. The first-order chi connectivity index (χ1) is 9.36. The molecular weight excluding hydrogens is 270 g/mol. The quantitative estimate of drug-likeness (QED) is 0.882. The van der Waals surface area contributed by atoms with Crippen LogP contribution in [0.15, 0.2) is 29.2 Å². The van der Waals surface area contributed by atoms with E-state index < -0.39 is 0 Å². The summed E-state index contributed by atoms with van der Waals surface area (Å²) in [5.74, 6) is 1.26. The van der Waals surface area contributed by atoms with Gasteiger partial charge in [-0.05, 0) is 49.3 Å². The molecule has 0 saturated heterocycles. The third-order valence-corrected chi connectivity index (χ3v) is 6.57. The van der Waals surface area contributed by atoms with Gasteiger partial charge in [-0.2, -0.15) is 11.8 Å². The van der Waals surface area contributed by atoms with Crippen molar-refractivity contribution in [3.63, 3.8) is 0 Å². The van der Waals surface area contributed by atoms with Crippen LogP contribution in [-0.2, 0) is 0 Å². The highest BCUT2D eigenvalue weighted by Gasteiger charge is 2.26. The number of benzene rings is 1. The van der Waals surface area contributed by atoms with Crippen molar-refractivity contribution in [1.29, 1.82) is 0 Å². The van der Waals surface area contributed by atoms with Crippen molar-refractivity contribution in [2.45, 2.75) is 54.3 Å². The van der Waals surface area contributed by atoms with Gasteiger partial charge in [0.25, 0.3) is 0 Å². The summed E-state index contributed by atoms with van der Waals surface area (Å²) in [7, 11) is 0. The fourth-order valence-corrected chi connectivity index (χ4v) is 5.26. The maximum Gasteiger partial charge on any atom is 0.0341 e. The monoisotopic (exact) mass is 293 g/mol. The zero-order valence-electron chi connectivity index (χ0n) is 11.6. The Hall–Kier alpha value is -0.120. The molecular formula is C16H23NS2. The molecule has 0 bridgehead atoms. The molecule has 3 rings (SSSR count). The molecule has 0 amide bonds. The van der Waals surface area contributed by atoms with Gasteiger partial charge in [-0.25, -0.2) is 0 Å². The SMILES string of the molecule is CSC1CCCC(NC2CCSc3ccccc32)C1. The van der Waals surface area contributed by atoms with Crippen LogP contribution in [0, 0.1) is 0 Å². The van der Waals surface area contributed by atoms with E-state index in [2.05, 4.69) is 47.6 Å². The van der Waals surface area contributed by atoms with Crippen molar-refractivity contribution >= 4 is 23.5 Å². The predicted molar refractivity (Wildman–Crippen MR) is 87.2 cm³/mol. The highest BCUT2D eigenvalue weighted by molar-refractivity contribution is 7.99. The molecule has 1 heterocycles. The molecule has 19 heavy (non-hydrogen) atoms. The van der Waals surface area contributed by atoms with Crippen LogP contribution < -0.4 is 5.32 Å². The zero-order valence-corrected chi connectivity index (χ0v) is 13.2. The Balaban J connectivity index is 1.67. The van der Waals surface area contributed by atoms with Crippen LogP contribution in [0.3, 0.4) is 0 Å².